The molecule has 0 spiro atoms. The zero-order valence-corrected chi connectivity index (χ0v) is 27.7. The summed E-state index contributed by atoms with van der Waals surface area (Å²) in [5, 5.41) is 3.90. The van der Waals surface area contributed by atoms with Crippen LogP contribution in [0.3, 0.4) is 0 Å². The number of amides is 1. The summed E-state index contributed by atoms with van der Waals surface area (Å²) in [6.45, 7) is 10.4. The van der Waals surface area contributed by atoms with Gasteiger partial charge in [-0.1, -0.05) is 61.3 Å². The van der Waals surface area contributed by atoms with E-state index in [9.17, 15) is 18.0 Å². The number of carbonyl (C=O) groups excluding carboxylic acids is 2. The van der Waals surface area contributed by atoms with Gasteiger partial charge in [-0.05, 0) is 75.1 Å². The standard InChI is InChI=1S/C32H34Cl2N2O7S/c1-17(2)26(31(38)43-32(4,5)6)36-44(39,40)22-14-10-20(11-15-22)19-8-12-21(13-9-19)35-30(37)27-18(3)25-28(41-7)23(33)16-24(34)29(25)42-27/h8-17,26,36H,1-7H3,(H,35,37)/t26-/m0/s1. The van der Waals surface area contributed by atoms with Crippen LogP contribution in [0.4, 0.5) is 5.69 Å². The SMILES string of the molecule is COc1c(Cl)cc(Cl)c2oc(C(=O)Nc3ccc(-c4ccc(S(=O)(=O)N[C@H](C(=O)OC(C)(C)C)C(C)C)cc4)cc3)c(C)c12. The number of hydrogen-bond donors (Lipinski definition) is 2. The highest BCUT2D eigenvalue weighted by atomic mass is 35.5. The molecule has 0 aliphatic carbocycles. The molecule has 0 unspecified atom stereocenters. The summed E-state index contributed by atoms with van der Waals surface area (Å²) >= 11 is 12.6. The minimum Gasteiger partial charge on any atom is -0.494 e. The number of anilines is 1. The molecular formula is C32H34Cl2N2O7S. The van der Waals surface area contributed by atoms with E-state index in [1.807, 2.05) is 0 Å². The number of sulfonamides is 1. The maximum absolute atomic E-state index is 13.1. The van der Waals surface area contributed by atoms with E-state index >= 15 is 0 Å². The highest BCUT2D eigenvalue weighted by Crippen LogP contribution is 2.42. The molecule has 1 atom stereocenters. The lowest BCUT2D eigenvalue weighted by Gasteiger charge is -2.26. The van der Waals surface area contributed by atoms with E-state index in [-0.39, 0.29) is 21.6 Å². The van der Waals surface area contributed by atoms with Gasteiger partial charge >= 0.3 is 5.97 Å². The largest absolute Gasteiger partial charge is 0.494 e. The number of methoxy groups -OCH3 is 1. The fourth-order valence-corrected chi connectivity index (χ4v) is 6.46. The van der Waals surface area contributed by atoms with Crippen LogP contribution in [0.1, 0.15) is 50.7 Å². The number of nitrogens with one attached hydrogen (secondary N) is 2. The van der Waals surface area contributed by atoms with Gasteiger partial charge in [-0.15, -0.1) is 0 Å². The summed E-state index contributed by atoms with van der Waals surface area (Å²) in [6.07, 6.45) is 0. The second-order valence-corrected chi connectivity index (χ2v) is 14.1. The number of carbonyl (C=O) groups is 2. The van der Waals surface area contributed by atoms with Gasteiger partial charge in [0.15, 0.2) is 11.3 Å². The zero-order chi connectivity index (χ0) is 32.6. The van der Waals surface area contributed by atoms with Crippen molar-refractivity contribution in [2.24, 2.45) is 5.92 Å². The predicted molar refractivity (Wildman–Crippen MR) is 172 cm³/mol. The first-order chi connectivity index (χ1) is 20.5. The van der Waals surface area contributed by atoms with E-state index in [2.05, 4.69) is 10.0 Å². The summed E-state index contributed by atoms with van der Waals surface area (Å²) in [6, 6.07) is 13.7. The second-order valence-electron chi connectivity index (χ2n) is 11.6. The molecule has 44 heavy (non-hydrogen) atoms. The third-order valence-corrected chi connectivity index (χ3v) is 8.74. The molecule has 1 aromatic heterocycles. The summed E-state index contributed by atoms with van der Waals surface area (Å²) in [4.78, 5) is 25.8. The number of rotatable bonds is 9. The molecule has 1 heterocycles. The first-order valence-electron chi connectivity index (χ1n) is 13.7. The Bertz CT molecular complexity index is 1810. The molecule has 12 heteroatoms. The Morgan fingerprint density at radius 2 is 1.50 bits per heavy atom. The van der Waals surface area contributed by atoms with Crippen LogP contribution >= 0.6 is 23.2 Å². The Balaban J connectivity index is 1.49. The Morgan fingerprint density at radius 1 is 0.932 bits per heavy atom. The van der Waals surface area contributed by atoms with Crippen LogP contribution in [-0.2, 0) is 19.6 Å². The van der Waals surface area contributed by atoms with E-state index in [1.54, 1.807) is 77.9 Å². The van der Waals surface area contributed by atoms with Crippen molar-refractivity contribution >= 4 is 61.8 Å². The number of benzene rings is 3. The Kier molecular flexibility index (Phi) is 9.70. The monoisotopic (exact) mass is 660 g/mol. The lowest BCUT2D eigenvalue weighted by molar-refractivity contribution is -0.158. The predicted octanol–water partition coefficient (Wildman–Crippen LogP) is 7.62. The van der Waals surface area contributed by atoms with Crippen molar-refractivity contribution in [1.82, 2.24) is 4.72 Å². The van der Waals surface area contributed by atoms with Crippen molar-refractivity contribution in [1.29, 1.82) is 0 Å². The smallest absolute Gasteiger partial charge is 0.324 e. The third kappa shape index (κ3) is 7.21. The van der Waals surface area contributed by atoms with Crippen molar-refractivity contribution in [3.63, 3.8) is 0 Å². The van der Waals surface area contributed by atoms with Gasteiger partial charge in [0.05, 0.1) is 27.4 Å². The fraction of sp³-hybridized carbons (Fsp3) is 0.312. The van der Waals surface area contributed by atoms with Gasteiger partial charge in [-0.25, -0.2) is 8.42 Å². The van der Waals surface area contributed by atoms with Gasteiger partial charge in [-0.3, -0.25) is 9.59 Å². The molecule has 2 N–H and O–H groups in total. The quantitative estimate of drug-likeness (QED) is 0.177. The van der Waals surface area contributed by atoms with E-state index in [4.69, 9.17) is 37.1 Å². The second kappa shape index (κ2) is 12.8. The minimum atomic E-state index is -4.00. The van der Waals surface area contributed by atoms with Crippen LogP contribution < -0.4 is 14.8 Å². The van der Waals surface area contributed by atoms with Gasteiger partial charge in [-0.2, -0.15) is 4.72 Å². The van der Waals surface area contributed by atoms with Gasteiger partial charge in [0, 0.05) is 11.3 Å². The number of hydrogen-bond acceptors (Lipinski definition) is 7. The molecule has 3 aromatic carbocycles. The third-order valence-electron chi connectivity index (χ3n) is 6.72. The highest BCUT2D eigenvalue weighted by molar-refractivity contribution is 7.89. The number of furan rings is 1. The summed E-state index contributed by atoms with van der Waals surface area (Å²) in [5.74, 6) is -0.999. The van der Waals surface area contributed by atoms with Gasteiger partial charge in [0.25, 0.3) is 5.91 Å². The van der Waals surface area contributed by atoms with E-state index in [1.165, 1.54) is 25.3 Å². The van der Waals surface area contributed by atoms with Crippen LogP contribution in [0.2, 0.25) is 10.0 Å². The van der Waals surface area contributed by atoms with Crippen LogP contribution in [-0.4, -0.2) is 39.0 Å². The molecule has 4 aromatic rings. The lowest BCUT2D eigenvalue weighted by atomic mass is 10.1. The van der Waals surface area contributed by atoms with Gasteiger partial charge in [0.1, 0.15) is 17.4 Å². The maximum Gasteiger partial charge on any atom is 0.324 e. The topological polar surface area (TPSA) is 124 Å². The summed E-state index contributed by atoms with van der Waals surface area (Å²) < 4.78 is 45.3. The van der Waals surface area contributed by atoms with E-state index in [0.717, 1.165) is 11.1 Å². The zero-order valence-electron chi connectivity index (χ0n) is 25.4. The van der Waals surface area contributed by atoms with Gasteiger partial charge in [0.2, 0.25) is 10.0 Å². The molecule has 0 fully saturated rings. The van der Waals surface area contributed by atoms with Gasteiger partial charge < -0.3 is 19.2 Å². The highest BCUT2D eigenvalue weighted by Gasteiger charge is 2.32. The average molecular weight is 662 g/mol. The fourth-order valence-electron chi connectivity index (χ4n) is 4.55. The van der Waals surface area contributed by atoms with E-state index in [0.29, 0.717) is 33.0 Å². The number of halogens is 2. The first kappa shape index (κ1) is 33.3. The minimum absolute atomic E-state index is 0.0126. The number of ether oxygens (including phenoxy) is 2. The molecular weight excluding hydrogens is 627 g/mol. The Labute approximate surface area is 266 Å². The molecule has 0 aliphatic rings. The normalized spacial score (nSPS) is 12.8. The summed E-state index contributed by atoms with van der Waals surface area (Å²) in [5.41, 5.74) is 2.14. The van der Waals surface area contributed by atoms with Crippen LogP contribution in [0.5, 0.6) is 5.75 Å². The Morgan fingerprint density at radius 3 is 2.02 bits per heavy atom. The van der Waals surface area contributed by atoms with Crippen LogP contribution in [0, 0.1) is 12.8 Å². The molecule has 0 bridgehead atoms. The van der Waals surface area contributed by atoms with Crippen LogP contribution in [0.15, 0.2) is 63.9 Å². The molecule has 0 aliphatic heterocycles. The Hall–Kier alpha value is -3.57. The van der Waals surface area contributed by atoms with Crippen molar-refractivity contribution in [2.75, 3.05) is 12.4 Å². The van der Waals surface area contributed by atoms with E-state index < -0.39 is 33.5 Å². The maximum atomic E-state index is 13.1. The molecule has 9 nitrogen and oxygen atoms in total. The number of esters is 1. The van der Waals surface area contributed by atoms with Crippen molar-refractivity contribution in [3.05, 3.63) is 76.0 Å². The molecule has 0 saturated carbocycles. The molecule has 4 rings (SSSR count). The first-order valence-corrected chi connectivity index (χ1v) is 16.0. The van der Waals surface area contributed by atoms with Crippen molar-refractivity contribution in [3.8, 4) is 16.9 Å². The lowest BCUT2D eigenvalue weighted by Crippen LogP contribution is -2.47. The van der Waals surface area contributed by atoms with Crippen molar-refractivity contribution < 1.29 is 31.9 Å². The number of aryl methyl sites for hydroxylation is 1. The average Bonchev–Trinajstić information content (AvgIpc) is 3.29. The molecule has 0 saturated heterocycles. The molecule has 234 valence electrons. The summed E-state index contributed by atoms with van der Waals surface area (Å²) in [7, 11) is -2.53. The molecule has 1 amide bonds. The van der Waals surface area contributed by atoms with Crippen LogP contribution in [0.25, 0.3) is 22.1 Å². The van der Waals surface area contributed by atoms with Crippen molar-refractivity contribution in [2.45, 2.75) is 58.1 Å². The number of fused-ring (bicyclic) bond motifs is 1. The molecule has 0 radical (unpaired) electrons.